The Morgan fingerprint density at radius 1 is 1.40 bits per heavy atom. The Morgan fingerprint density at radius 3 is 2.70 bits per heavy atom. The van der Waals surface area contributed by atoms with Crippen LogP contribution in [0.3, 0.4) is 0 Å². The molecule has 0 aliphatic carbocycles. The van der Waals surface area contributed by atoms with Gasteiger partial charge in [-0.05, 0) is 6.42 Å². The Bertz CT molecular complexity index is 67.4. The third kappa shape index (κ3) is 3.12. The summed E-state index contributed by atoms with van der Waals surface area (Å²) in [6, 6.07) is 0. The van der Waals surface area contributed by atoms with E-state index in [1.807, 2.05) is 0 Å². The minimum absolute atomic E-state index is 0. The van der Waals surface area contributed by atoms with E-state index in [9.17, 15) is 0 Å². The van der Waals surface area contributed by atoms with Crippen LogP contribution in [-0.2, 0) is 9.47 Å². The van der Waals surface area contributed by atoms with Gasteiger partial charge in [0.25, 0.3) is 0 Å². The highest BCUT2D eigenvalue weighted by Crippen LogP contribution is 2.03. The van der Waals surface area contributed by atoms with Gasteiger partial charge in [0.1, 0.15) is 0 Å². The molecule has 1 heterocycles. The van der Waals surface area contributed by atoms with E-state index < -0.39 is 0 Å². The fourth-order valence-electron chi connectivity index (χ4n) is 0.847. The smallest absolute Gasteiger partial charge is 0.0831 e. The van der Waals surface area contributed by atoms with E-state index in [2.05, 4.69) is 0 Å². The molecule has 1 aliphatic heterocycles. The lowest BCUT2D eigenvalue weighted by Gasteiger charge is -2.21. The van der Waals surface area contributed by atoms with Crippen LogP contribution in [0.15, 0.2) is 0 Å². The van der Waals surface area contributed by atoms with E-state index in [0.717, 1.165) is 0 Å². The standard InChI is InChI=1S/C6H12O3.H2O/c7-2-1-6-5-8-3-4-9-6;/h6-7H,1-5H2;1H2. The maximum atomic E-state index is 8.48. The highest BCUT2D eigenvalue weighted by atomic mass is 16.6. The Labute approximate surface area is 60.1 Å². The third-order valence-electron chi connectivity index (χ3n) is 1.34. The van der Waals surface area contributed by atoms with Crippen molar-refractivity contribution in [3.05, 3.63) is 0 Å². The largest absolute Gasteiger partial charge is 0.412 e. The van der Waals surface area contributed by atoms with Crippen molar-refractivity contribution in [3.63, 3.8) is 0 Å². The van der Waals surface area contributed by atoms with Crippen LogP contribution in [0.2, 0.25) is 0 Å². The van der Waals surface area contributed by atoms with Crippen LogP contribution in [0, 0.1) is 0 Å². The van der Waals surface area contributed by atoms with Crippen LogP contribution in [-0.4, -0.2) is 43.1 Å². The van der Waals surface area contributed by atoms with Gasteiger partial charge < -0.3 is 20.1 Å². The lowest BCUT2D eigenvalue weighted by molar-refractivity contribution is -0.0943. The number of ether oxygens (including phenoxy) is 2. The first-order chi connectivity index (χ1) is 4.43. The van der Waals surface area contributed by atoms with Crippen molar-refractivity contribution in [2.45, 2.75) is 12.5 Å². The summed E-state index contributed by atoms with van der Waals surface area (Å²) in [5.41, 5.74) is 0. The molecule has 4 nitrogen and oxygen atoms in total. The molecule has 0 aromatic carbocycles. The molecular formula is C6H14O4. The molecule has 0 radical (unpaired) electrons. The molecule has 1 unspecified atom stereocenters. The van der Waals surface area contributed by atoms with E-state index in [1.54, 1.807) is 0 Å². The Hall–Kier alpha value is -0.160. The predicted octanol–water partition coefficient (Wildman–Crippen LogP) is -1.04. The molecule has 1 rings (SSSR count). The van der Waals surface area contributed by atoms with Crippen molar-refractivity contribution in [2.24, 2.45) is 0 Å². The summed E-state index contributed by atoms with van der Waals surface area (Å²) in [5, 5.41) is 8.48. The normalized spacial score (nSPS) is 25.5. The summed E-state index contributed by atoms with van der Waals surface area (Å²) in [7, 11) is 0. The monoisotopic (exact) mass is 150 g/mol. The van der Waals surface area contributed by atoms with Gasteiger partial charge in [0.05, 0.1) is 25.9 Å². The van der Waals surface area contributed by atoms with Crippen LogP contribution in [0.25, 0.3) is 0 Å². The van der Waals surface area contributed by atoms with Gasteiger partial charge in [0.15, 0.2) is 0 Å². The second kappa shape index (κ2) is 5.61. The van der Waals surface area contributed by atoms with Crippen LogP contribution < -0.4 is 0 Å². The van der Waals surface area contributed by atoms with Crippen molar-refractivity contribution in [1.29, 1.82) is 0 Å². The van der Waals surface area contributed by atoms with Crippen molar-refractivity contribution >= 4 is 0 Å². The van der Waals surface area contributed by atoms with E-state index in [-0.39, 0.29) is 18.2 Å². The molecule has 1 aliphatic rings. The molecule has 0 amide bonds. The molecule has 3 N–H and O–H groups in total. The second-order valence-corrected chi connectivity index (χ2v) is 2.08. The highest BCUT2D eigenvalue weighted by Gasteiger charge is 2.12. The van der Waals surface area contributed by atoms with Gasteiger partial charge in [0, 0.05) is 6.61 Å². The summed E-state index contributed by atoms with van der Waals surface area (Å²) in [5.74, 6) is 0. The van der Waals surface area contributed by atoms with Crippen molar-refractivity contribution in [1.82, 2.24) is 0 Å². The molecule has 0 aromatic heterocycles. The summed E-state index contributed by atoms with van der Waals surface area (Å²) in [6.07, 6.45) is 0.823. The Morgan fingerprint density at radius 2 is 2.20 bits per heavy atom. The average molecular weight is 150 g/mol. The van der Waals surface area contributed by atoms with Crippen molar-refractivity contribution in [3.8, 4) is 0 Å². The lowest BCUT2D eigenvalue weighted by Crippen LogP contribution is -2.29. The maximum absolute atomic E-state index is 8.48. The molecule has 0 saturated carbocycles. The van der Waals surface area contributed by atoms with E-state index >= 15 is 0 Å². The first-order valence-corrected chi connectivity index (χ1v) is 3.23. The molecular weight excluding hydrogens is 136 g/mol. The van der Waals surface area contributed by atoms with Crippen molar-refractivity contribution < 1.29 is 20.1 Å². The first kappa shape index (κ1) is 9.84. The lowest BCUT2D eigenvalue weighted by atomic mass is 10.3. The van der Waals surface area contributed by atoms with Crippen LogP contribution in [0.4, 0.5) is 0 Å². The fraction of sp³-hybridized carbons (Fsp3) is 1.00. The van der Waals surface area contributed by atoms with E-state index in [4.69, 9.17) is 14.6 Å². The number of aliphatic hydroxyl groups excluding tert-OH is 1. The topological polar surface area (TPSA) is 70.2 Å². The maximum Gasteiger partial charge on any atom is 0.0831 e. The van der Waals surface area contributed by atoms with Crippen molar-refractivity contribution in [2.75, 3.05) is 26.4 Å². The zero-order valence-electron chi connectivity index (χ0n) is 5.88. The second-order valence-electron chi connectivity index (χ2n) is 2.08. The predicted molar refractivity (Wildman–Crippen MR) is 35.9 cm³/mol. The number of hydrogen-bond acceptors (Lipinski definition) is 3. The minimum Gasteiger partial charge on any atom is -0.412 e. The molecule has 4 heteroatoms. The molecule has 0 bridgehead atoms. The zero-order chi connectivity index (χ0) is 6.53. The summed E-state index contributed by atoms with van der Waals surface area (Å²) in [4.78, 5) is 0. The first-order valence-electron chi connectivity index (χ1n) is 3.23. The molecule has 10 heavy (non-hydrogen) atoms. The van der Waals surface area contributed by atoms with Gasteiger partial charge in [-0.25, -0.2) is 0 Å². The highest BCUT2D eigenvalue weighted by molar-refractivity contribution is 4.58. The van der Waals surface area contributed by atoms with Gasteiger partial charge in [-0.3, -0.25) is 0 Å². The number of aliphatic hydroxyl groups is 1. The van der Waals surface area contributed by atoms with Gasteiger partial charge >= 0.3 is 0 Å². The van der Waals surface area contributed by atoms with Crippen LogP contribution >= 0.6 is 0 Å². The SMILES string of the molecule is O.OCCC1COCCO1. The molecule has 0 spiro atoms. The van der Waals surface area contributed by atoms with Crippen LogP contribution in [0.5, 0.6) is 0 Å². The third-order valence-corrected chi connectivity index (χ3v) is 1.34. The summed E-state index contributed by atoms with van der Waals surface area (Å²) < 4.78 is 10.3. The average Bonchev–Trinajstić information content (AvgIpc) is 1.91. The van der Waals surface area contributed by atoms with Gasteiger partial charge in [-0.2, -0.15) is 0 Å². The molecule has 1 atom stereocenters. The molecule has 62 valence electrons. The molecule has 0 aromatic rings. The Balaban J connectivity index is 0.000000810. The zero-order valence-corrected chi connectivity index (χ0v) is 5.88. The van der Waals surface area contributed by atoms with Crippen LogP contribution in [0.1, 0.15) is 6.42 Å². The minimum atomic E-state index is 0. The van der Waals surface area contributed by atoms with Gasteiger partial charge in [-0.15, -0.1) is 0 Å². The van der Waals surface area contributed by atoms with Gasteiger partial charge in [-0.1, -0.05) is 0 Å². The fourth-order valence-corrected chi connectivity index (χ4v) is 0.847. The van der Waals surface area contributed by atoms with E-state index in [1.165, 1.54) is 0 Å². The molecule has 1 saturated heterocycles. The van der Waals surface area contributed by atoms with Gasteiger partial charge in [0.2, 0.25) is 0 Å². The Kier molecular flexibility index (Phi) is 5.52. The van der Waals surface area contributed by atoms with E-state index in [0.29, 0.717) is 26.2 Å². The summed E-state index contributed by atoms with van der Waals surface area (Å²) in [6.45, 7) is 2.20. The molecule has 1 fully saturated rings. The quantitative estimate of drug-likeness (QED) is 0.546. The number of rotatable bonds is 2. The number of hydrogen-bond donors (Lipinski definition) is 1. The summed E-state index contributed by atoms with van der Waals surface area (Å²) >= 11 is 0.